The van der Waals surface area contributed by atoms with Gasteiger partial charge in [0.05, 0.1) is 6.61 Å². The van der Waals surface area contributed by atoms with Gasteiger partial charge in [0.2, 0.25) is 0 Å². The summed E-state index contributed by atoms with van der Waals surface area (Å²) >= 11 is 0. The Morgan fingerprint density at radius 2 is 1.25 bits per heavy atom. The van der Waals surface area contributed by atoms with Crippen molar-refractivity contribution in [2.45, 2.75) is 19.0 Å². The van der Waals surface area contributed by atoms with Crippen LogP contribution in [0.15, 0.2) is 60.7 Å². The smallest absolute Gasteiger partial charge is 0.329 e. The second-order valence-corrected chi connectivity index (χ2v) is 9.00. The second kappa shape index (κ2) is 13.4. The highest BCUT2D eigenvalue weighted by Gasteiger charge is 2.25. The van der Waals surface area contributed by atoms with E-state index in [0.29, 0.717) is 11.1 Å². The second-order valence-electron chi connectivity index (χ2n) is 6.44. The standard InChI is InChI=1S/C22H24N2O6S2/c1-2-30-22(29)18(24-20(26)16-11-7-4-8-12-16)14-32-31-13-17(21(27)28)23-19(25)15-9-5-3-6-10-15/h3-12,17-18H,2,13-14H2,1H3,(H,23,25)(H,24,26)(H,27,28)/t17-,18-/m0/s1. The molecule has 32 heavy (non-hydrogen) atoms. The lowest BCUT2D eigenvalue weighted by atomic mass is 10.2. The van der Waals surface area contributed by atoms with E-state index in [-0.39, 0.29) is 18.1 Å². The summed E-state index contributed by atoms with van der Waals surface area (Å²) < 4.78 is 5.03. The summed E-state index contributed by atoms with van der Waals surface area (Å²) in [4.78, 5) is 48.4. The first kappa shape index (κ1) is 25.3. The maximum absolute atomic E-state index is 12.4. The SMILES string of the molecule is CCOC(=O)[C@H](CSSC[C@H](NC(=O)c1ccccc1)C(=O)O)NC(=O)c1ccccc1. The number of carboxylic acid groups (broad SMARTS) is 1. The Morgan fingerprint density at radius 3 is 1.69 bits per heavy atom. The molecule has 170 valence electrons. The minimum absolute atomic E-state index is 0.0702. The average Bonchev–Trinajstić information content (AvgIpc) is 2.81. The quantitative estimate of drug-likeness (QED) is 0.243. The third kappa shape index (κ3) is 8.27. The predicted molar refractivity (Wildman–Crippen MR) is 125 cm³/mol. The number of carbonyl (C=O) groups excluding carboxylic acids is 3. The summed E-state index contributed by atoms with van der Waals surface area (Å²) in [5, 5.41) is 14.5. The van der Waals surface area contributed by atoms with E-state index in [1.807, 2.05) is 0 Å². The fraction of sp³-hybridized carbons (Fsp3) is 0.273. The first-order valence-corrected chi connectivity index (χ1v) is 12.3. The molecule has 0 heterocycles. The highest BCUT2D eigenvalue weighted by atomic mass is 33.1. The van der Waals surface area contributed by atoms with Gasteiger partial charge in [0.15, 0.2) is 0 Å². The molecule has 2 aromatic carbocycles. The van der Waals surface area contributed by atoms with E-state index in [4.69, 9.17) is 4.74 Å². The van der Waals surface area contributed by atoms with E-state index in [1.54, 1.807) is 67.6 Å². The van der Waals surface area contributed by atoms with Crippen LogP contribution in [0.3, 0.4) is 0 Å². The number of esters is 1. The molecule has 0 saturated heterocycles. The molecule has 0 fully saturated rings. The summed E-state index contributed by atoms with van der Waals surface area (Å²) in [7, 11) is 2.38. The van der Waals surface area contributed by atoms with Crippen molar-refractivity contribution >= 4 is 45.3 Å². The minimum Gasteiger partial charge on any atom is -0.480 e. The third-order valence-corrected chi connectivity index (χ3v) is 6.53. The van der Waals surface area contributed by atoms with Crippen molar-refractivity contribution in [3.05, 3.63) is 71.8 Å². The van der Waals surface area contributed by atoms with Gasteiger partial charge in [-0.2, -0.15) is 0 Å². The molecule has 8 nitrogen and oxygen atoms in total. The van der Waals surface area contributed by atoms with Crippen LogP contribution in [0.4, 0.5) is 0 Å². The number of amides is 2. The number of rotatable bonds is 12. The average molecular weight is 477 g/mol. The molecule has 0 aliphatic rings. The lowest BCUT2D eigenvalue weighted by molar-refractivity contribution is -0.144. The Kier molecular flexibility index (Phi) is 10.6. The fourth-order valence-electron chi connectivity index (χ4n) is 2.48. The van der Waals surface area contributed by atoms with Gasteiger partial charge in [0.25, 0.3) is 11.8 Å². The van der Waals surface area contributed by atoms with Gasteiger partial charge in [-0.15, -0.1) is 0 Å². The number of aliphatic carboxylic acids is 1. The van der Waals surface area contributed by atoms with E-state index in [2.05, 4.69) is 10.6 Å². The number of carbonyl (C=O) groups is 4. The van der Waals surface area contributed by atoms with Gasteiger partial charge in [-0.1, -0.05) is 58.0 Å². The lowest BCUT2D eigenvalue weighted by Crippen LogP contribution is -2.44. The molecule has 2 atom stereocenters. The van der Waals surface area contributed by atoms with Crippen molar-refractivity contribution in [1.82, 2.24) is 10.6 Å². The molecule has 0 bridgehead atoms. The first-order chi connectivity index (χ1) is 15.4. The van der Waals surface area contributed by atoms with Gasteiger partial charge in [-0.05, 0) is 31.2 Å². The van der Waals surface area contributed by atoms with E-state index in [0.717, 1.165) is 0 Å². The molecule has 2 aromatic rings. The summed E-state index contributed by atoms with van der Waals surface area (Å²) in [5.41, 5.74) is 0.774. The van der Waals surface area contributed by atoms with Gasteiger partial charge in [-0.3, -0.25) is 9.59 Å². The monoisotopic (exact) mass is 476 g/mol. The van der Waals surface area contributed by atoms with E-state index in [9.17, 15) is 24.3 Å². The van der Waals surface area contributed by atoms with Crippen LogP contribution in [0.2, 0.25) is 0 Å². The van der Waals surface area contributed by atoms with Crippen LogP contribution in [0.1, 0.15) is 27.6 Å². The molecule has 0 spiro atoms. The van der Waals surface area contributed by atoms with Crippen molar-refractivity contribution in [3.8, 4) is 0 Å². The van der Waals surface area contributed by atoms with Gasteiger partial charge in [0.1, 0.15) is 12.1 Å². The molecule has 2 amide bonds. The molecular formula is C22H24N2O6S2. The molecule has 0 aliphatic heterocycles. The molecule has 0 radical (unpaired) electrons. The summed E-state index contributed by atoms with van der Waals surface area (Å²) in [5.74, 6) is -2.39. The number of carboxylic acids is 1. The van der Waals surface area contributed by atoms with Crippen molar-refractivity contribution in [2.75, 3.05) is 18.1 Å². The molecule has 3 N–H and O–H groups in total. The number of hydrogen-bond acceptors (Lipinski definition) is 7. The van der Waals surface area contributed by atoms with Gasteiger partial charge in [0, 0.05) is 22.6 Å². The van der Waals surface area contributed by atoms with Gasteiger partial charge in [-0.25, -0.2) is 9.59 Å². The number of benzene rings is 2. The van der Waals surface area contributed by atoms with Crippen LogP contribution in [0.25, 0.3) is 0 Å². The first-order valence-electron chi connectivity index (χ1n) is 9.78. The van der Waals surface area contributed by atoms with Crippen molar-refractivity contribution in [1.29, 1.82) is 0 Å². The van der Waals surface area contributed by atoms with Crippen LogP contribution in [0.5, 0.6) is 0 Å². The Morgan fingerprint density at radius 1 is 0.812 bits per heavy atom. The van der Waals surface area contributed by atoms with Crippen LogP contribution < -0.4 is 10.6 Å². The third-order valence-electron chi connectivity index (χ3n) is 4.10. The van der Waals surface area contributed by atoms with Crippen LogP contribution in [0, 0.1) is 0 Å². The van der Waals surface area contributed by atoms with E-state index < -0.39 is 35.8 Å². The van der Waals surface area contributed by atoms with Crippen molar-refractivity contribution in [3.63, 3.8) is 0 Å². The topological polar surface area (TPSA) is 122 Å². The molecule has 0 aromatic heterocycles. The minimum atomic E-state index is -1.17. The molecule has 0 saturated carbocycles. The Labute approximate surface area is 193 Å². The maximum atomic E-state index is 12.4. The Balaban J connectivity index is 1.89. The molecular weight excluding hydrogens is 452 g/mol. The van der Waals surface area contributed by atoms with Crippen molar-refractivity contribution < 1.29 is 29.0 Å². The fourth-order valence-corrected chi connectivity index (χ4v) is 4.78. The molecule has 0 aliphatic carbocycles. The van der Waals surface area contributed by atoms with Crippen molar-refractivity contribution in [2.24, 2.45) is 0 Å². The molecule has 2 rings (SSSR count). The molecule has 10 heteroatoms. The number of hydrogen-bond donors (Lipinski definition) is 3. The van der Waals surface area contributed by atoms with Crippen LogP contribution in [-0.4, -0.2) is 59.1 Å². The summed E-state index contributed by atoms with van der Waals surface area (Å²) in [6.07, 6.45) is 0. The van der Waals surface area contributed by atoms with Crippen LogP contribution in [-0.2, 0) is 14.3 Å². The summed E-state index contributed by atoms with van der Waals surface area (Å²) in [6, 6.07) is 14.8. The zero-order valence-corrected chi connectivity index (χ0v) is 19.0. The van der Waals surface area contributed by atoms with E-state index >= 15 is 0 Å². The highest BCUT2D eigenvalue weighted by Crippen LogP contribution is 2.23. The van der Waals surface area contributed by atoms with E-state index in [1.165, 1.54) is 21.6 Å². The number of nitrogens with one attached hydrogen (secondary N) is 2. The summed E-state index contributed by atoms with van der Waals surface area (Å²) in [6.45, 7) is 1.84. The zero-order valence-electron chi connectivity index (χ0n) is 17.4. The normalized spacial score (nSPS) is 12.3. The Bertz CT molecular complexity index is 911. The largest absolute Gasteiger partial charge is 0.480 e. The highest BCUT2D eigenvalue weighted by molar-refractivity contribution is 8.76. The zero-order chi connectivity index (χ0) is 23.3. The maximum Gasteiger partial charge on any atom is 0.329 e. The lowest BCUT2D eigenvalue weighted by Gasteiger charge is -2.18. The predicted octanol–water partition coefficient (Wildman–Crippen LogP) is 2.61. The number of ether oxygens (including phenoxy) is 1. The van der Waals surface area contributed by atoms with Gasteiger partial charge >= 0.3 is 11.9 Å². The van der Waals surface area contributed by atoms with Crippen LogP contribution >= 0.6 is 21.6 Å². The van der Waals surface area contributed by atoms with Gasteiger partial charge < -0.3 is 20.5 Å². The molecule has 0 unspecified atom stereocenters. The Hall–Kier alpha value is -2.98.